The summed E-state index contributed by atoms with van der Waals surface area (Å²) in [4.78, 5) is 46.9. The first-order valence-corrected chi connectivity index (χ1v) is 17.3. The predicted molar refractivity (Wildman–Crippen MR) is 182 cm³/mol. The first-order chi connectivity index (χ1) is 22.2. The van der Waals surface area contributed by atoms with Crippen LogP contribution in [-0.2, 0) is 4.79 Å². The SMILES string of the molecule is CCC1C(=O)N(C)c2cnc(N(C)c3ccc(C(=O)NC4CCC(N5CCN(CC6CC6)CC5)CC4)cc3OC)nc2N1C(C)C. The molecule has 0 radical (unpaired) electrons. The van der Waals surface area contributed by atoms with E-state index in [9.17, 15) is 9.59 Å². The van der Waals surface area contributed by atoms with Gasteiger partial charge in [0.25, 0.3) is 5.91 Å². The number of likely N-dealkylation sites (N-methyl/N-ethyl adjacent to an activating group) is 1. The molecule has 1 N–H and O–H groups in total. The van der Waals surface area contributed by atoms with E-state index in [1.165, 1.54) is 45.6 Å². The number of carbonyl (C=O) groups excluding carboxylic acids is 2. The molecule has 3 fully saturated rings. The normalized spacial score (nSPS) is 24.2. The summed E-state index contributed by atoms with van der Waals surface area (Å²) in [5.74, 6) is 2.74. The monoisotopic (exact) mass is 632 g/mol. The van der Waals surface area contributed by atoms with Crippen LogP contribution in [0.4, 0.5) is 23.1 Å². The van der Waals surface area contributed by atoms with Gasteiger partial charge in [0.2, 0.25) is 11.9 Å². The number of nitrogens with zero attached hydrogens (tertiary/aromatic N) is 7. The maximum atomic E-state index is 13.4. The first-order valence-electron chi connectivity index (χ1n) is 17.3. The van der Waals surface area contributed by atoms with Crippen molar-refractivity contribution in [3.05, 3.63) is 30.0 Å². The number of carbonyl (C=O) groups is 2. The van der Waals surface area contributed by atoms with Gasteiger partial charge in [0.15, 0.2) is 5.82 Å². The molecule has 6 rings (SSSR count). The Labute approximate surface area is 274 Å². The van der Waals surface area contributed by atoms with Crippen molar-refractivity contribution >= 4 is 35.0 Å². The number of nitrogens with one attached hydrogen (secondary N) is 1. The molecule has 11 heteroatoms. The van der Waals surface area contributed by atoms with Gasteiger partial charge in [0.1, 0.15) is 17.5 Å². The van der Waals surface area contributed by atoms with E-state index in [4.69, 9.17) is 9.72 Å². The van der Waals surface area contributed by atoms with Crippen molar-refractivity contribution < 1.29 is 14.3 Å². The summed E-state index contributed by atoms with van der Waals surface area (Å²) in [7, 11) is 5.28. The average Bonchev–Trinajstić information content (AvgIpc) is 3.90. The molecular formula is C35H52N8O3. The van der Waals surface area contributed by atoms with Crippen molar-refractivity contribution in [1.29, 1.82) is 0 Å². The molecule has 2 saturated carbocycles. The fourth-order valence-electron chi connectivity index (χ4n) is 7.56. The Balaban J connectivity index is 1.08. The van der Waals surface area contributed by atoms with Crippen LogP contribution >= 0.6 is 0 Å². The lowest BCUT2D eigenvalue weighted by atomic mass is 9.89. The van der Waals surface area contributed by atoms with Crippen LogP contribution in [0.25, 0.3) is 0 Å². The van der Waals surface area contributed by atoms with Crippen LogP contribution in [0, 0.1) is 5.92 Å². The van der Waals surface area contributed by atoms with Crippen LogP contribution in [0.3, 0.4) is 0 Å². The maximum Gasteiger partial charge on any atom is 0.251 e. The molecule has 3 heterocycles. The van der Waals surface area contributed by atoms with Gasteiger partial charge in [-0.25, -0.2) is 4.98 Å². The van der Waals surface area contributed by atoms with E-state index in [1.807, 2.05) is 31.0 Å². The molecule has 2 aromatic rings. The highest BCUT2D eigenvalue weighted by atomic mass is 16.5. The number of hydrogen-bond donors (Lipinski definition) is 1. The van der Waals surface area contributed by atoms with Crippen molar-refractivity contribution in [2.75, 3.05) is 68.6 Å². The zero-order valence-corrected chi connectivity index (χ0v) is 28.5. The number of benzene rings is 1. The van der Waals surface area contributed by atoms with Gasteiger partial charge in [-0.2, -0.15) is 4.98 Å². The smallest absolute Gasteiger partial charge is 0.251 e. The fourth-order valence-corrected chi connectivity index (χ4v) is 7.56. The van der Waals surface area contributed by atoms with Crippen molar-refractivity contribution in [1.82, 2.24) is 25.1 Å². The van der Waals surface area contributed by atoms with E-state index >= 15 is 0 Å². The lowest BCUT2D eigenvalue weighted by Crippen LogP contribution is -2.55. The first kappa shape index (κ1) is 32.5. The standard InChI is InChI=1S/C35H52N8O3/c1-7-28-34(45)39(4)30-21-36-35(38-32(30)43(28)23(2)3)40(5)29-15-10-25(20-31(29)46-6)33(44)37-26-11-13-27(14-12-26)42-18-16-41(17-19-42)22-24-8-9-24/h10,15,20-21,23-24,26-28H,7-9,11-14,16-19,22H2,1-6H3,(H,37,44). The molecule has 1 aromatic carbocycles. The number of ether oxygens (including phenoxy) is 1. The largest absolute Gasteiger partial charge is 0.495 e. The topological polar surface area (TPSA) is 97.4 Å². The minimum atomic E-state index is -0.278. The van der Waals surface area contributed by atoms with E-state index in [0.717, 1.165) is 43.1 Å². The van der Waals surface area contributed by atoms with Crippen LogP contribution < -0.4 is 24.8 Å². The number of rotatable bonds is 10. The molecule has 2 aliphatic carbocycles. The molecule has 1 unspecified atom stereocenters. The summed E-state index contributed by atoms with van der Waals surface area (Å²) in [6.07, 6.45) is 9.55. The number of amides is 2. The van der Waals surface area contributed by atoms with Crippen molar-refractivity contribution in [3.8, 4) is 5.75 Å². The Morgan fingerprint density at radius 3 is 2.43 bits per heavy atom. The van der Waals surface area contributed by atoms with Gasteiger partial charge in [0, 0.05) is 70.5 Å². The van der Waals surface area contributed by atoms with Gasteiger partial charge >= 0.3 is 0 Å². The van der Waals surface area contributed by atoms with Crippen molar-refractivity contribution in [2.24, 2.45) is 5.92 Å². The van der Waals surface area contributed by atoms with Crippen molar-refractivity contribution in [2.45, 2.75) is 89.9 Å². The summed E-state index contributed by atoms with van der Waals surface area (Å²) in [5.41, 5.74) is 2.02. The molecule has 4 aliphatic rings. The minimum Gasteiger partial charge on any atom is -0.495 e. The third-order valence-electron chi connectivity index (χ3n) is 10.5. The number of aromatic nitrogens is 2. The molecular weight excluding hydrogens is 580 g/mol. The summed E-state index contributed by atoms with van der Waals surface area (Å²) in [6.45, 7) is 12.2. The van der Waals surface area contributed by atoms with Gasteiger partial charge in [-0.15, -0.1) is 0 Å². The number of methoxy groups -OCH3 is 1. The second kappa shape index (κ2) is 13.7. The third-order valence-corrected chi connectivity index (χ3v) is 10.5. The second-order valence-electron chi connectivity index (χ2n) is 13.9. The molecule has 11 nitrogen and oxygen atoms in total. The van der Waals surface area contributed by atoms with E-state index < -0.39 is 0 Å². The zero-order chi connectivity index (χ0) is 32.5. The minimum absolute atomic E-state index is 0.0504. The molecule has 0 spiro atoms. The van der Waals surface area contributed by atoms with Gasteiger partial charge in [-0.05, 0) is 82.9 Å². The second-order valence-corrected chi connectivity index (χ2v) is 13.9. The zero-order valence-electron chi connectivity index (χ0n) is 28.5. The highest BCUT2D eigenvalue weighted by Gasteiger charge is 2.39. The summed E-state index contributed by atoms with van der Waals surface area (Å²) in [6, 6.07) is 6.17. The predicted octanol–water partition coefficient (Wildman–Crippen LogP) is 4.29. The summed E-state index contributed by atoms with van der Waals surface area (Å²) >= 11 is 0. The van der Waals surface area contributed by atoms with Crippen molar-refractivity contribution in [3.63, 3.8) is 0 Å². The lowest BCUT2D eigenvalue weighted by Gasteiger charge is -2.42. The molecule has 1 saturated heterocycles. The van der Waals surface area contributed by atoms with Gasteiger partial charge in [-0.1, -0.05) is 6.92 Å². The molecule has 1 aromatic heterocycles. The molecule has 1 atom stereocenters. The number of fused-ring (bicyclic) bond motifs is 1. The number of piperazine rings is 1. The van der Waals surface area contributed by atoms with Crippen LogP contribution in [0.5, 0.6) is 5.75 Å². The average molecular weight is 633 g/mol. The Morgan fingerprint density at radius 1 is 1.09 bits per heavy atom. The van der Waals surface area contributed by atoms with Gasteiger partial charge < -0.3 is 29.7 Å². The Bertz CT molecular complexity index is 1400. The van der Waals surface area contributed by atoms with Crippen LogP contribution in [-0.4, -0.2) is 110 Å². The summed E-state index contributed by atoms with van der Waals surface area (Å²) < 4.78 is 5.77. The van der Waals surface area contributed by atoms with Gasteiger partial charge in [0.05, 0.1) is 19.0 Å². The lowest BCUT2D eigenvalue weighted by molar-refractivity contribution is -0.120. The van der Waals surface area contributed by atoms with Gasteiger partial charge in [-0.3, -0.25) is 14.5 Å². The molecule has 2 aliphatic heterocycles. The van der Waals surface area contributed by atoms with Crippen LogP contribution in [0.15, 0.2) is 24.4 Å². The highest BCUT2D eigenvalue weighted by molar-refractivity contribution is 6.04. The number of hydrogen-bond acceptors (Lipinski definition) is 9. The molecule has 0 bridgehead atoms. The Kier molecular flexibility index (Phi) is 9.70. The fraction of sp³-hybridized carbons (Fsp3) is 0.657. The quantitative estimate of drug-likeness (QED) is 0.412. The van der Waals surface area contributed by atoms with E-state index in [2.05, 4.69) is 38.8 Å². The summed E-state index contributed by atoms with van der Waals surface area (Å²) in [5, 5.41) is 3.30. The maximum absolute atomic E-state index is 13.4. The third kappa shape index (κ3) is 6.67. The highest BCUT2D eigenvalue weighted by Crippen LogP contribution is 2.39. The number of anilines is 4. The Hall–Kier alpha value is -3.44. The van der Waals surface area contributed by atoms with E-state index in [-0.39, 0.29) is 29.9 Å². The molecule has 250 valence electrons. The molecule has 2 amide bonds. The van der Waals surface area contributed by atoms with Crippen LogP contribution in [0.2, 0.25) is 0 Å². The Morgan fingerprint density at radius 2 is 1.80 bits per heavy atom. The molecule has 46 heavy (non-hydrogen) atoms. The van der Waals surface area contributed by atoms with E-state index in [0.29, 0.717) is 35.4 Å². The van der Waals surface area contributed by atoms with E-state index in [1.54, 1.807) is 31.3 Å². The van der Waals surface area contributed by atoms with Crippen LogP contribution in [0.1, 0.15) is 76.1 Å².